The van der Waals surface area contributed by atoms with Crippen molar-refractivity contribution in [2.75, 3.05) is 13.1 Å². The summed E-state index contributed by atoms with van der Waals surface area (Å²) in [5.41, 5.74) is 0.504. The molecule has 2 N–H and O–H groups in total. The lowest BCUT2D eigenvalue weighted by Crippen LogP contribution is -2.33. The van der Waals surface area contributed by atoms with E-state index in [1.165, 1.54) is 12.1 Å². The highest BCUT2D eigenvalue weighted by Gasteiger charge is 2.13. The molecule has 0 spiro atoms. The van der Waals surface area contributed by atoms with Gasteiger partial charge in [0.25, 0.3) is 5.69 Å². The average Bonchev–Trinajstić information content (AvgIpc) is 3.01. The summed E-state index contributed by atoms with van der Waals surface area (Å²) in [6, 6.07) is 7.72. The molecule has 1 amide bonds. The summed E-state index contributed by atoms with van der Waals surface area (Å²) in [5.74, 6) is 1.09. The van der Waals surface area contributed by atoms with E-state index in [0.717, 1.165) is 6.42 Å². The number of amides is 1. The highest BCUT2D eigenvalue weighted by atomic mass is 35.5. The van der Waals surface area contributed by atoms with E-state index in [0.29, 0.717) is 30.2 Å². The maximum absolute atomic E-state index is 11.5. The van der Waals surface area contributed by atoms with Crippen LogP contribution >= 0.6 is 11.6 Å². The highest BCUT2D eigenvalue weighted by Crippen LogP contribution is 2.32. The van der Waals surface area contributed by atoms with Crippen LogP contribution in [0.25, 0.3) is 11.3 Å². The molecule has 0 bridgehead atoms. The van der Waals surface area contributed by atoms with Gasteiger partial charge in [0.1, 0.15) is 11.5 Å². The third kappa shape index (κ3) is 4.81. The molecule has 0 saturated carbocycles. The van der Waals surface area contributed by atoms with Crippen molar-refractivity contribution in [3.05, 3.63) is 51.2 Å². The molecular formula is C16H18ClN3O4. The zero-order valence-corrected chi connectivity index (χ0v) is 13.9. The molecule has 0 aliphatic heterocycles. The van der Waals surface area contributed by atoms with Gasteiger partial charge in [-0.05, 0) is 24.6 Å². The van der Waals surface area contributed by atoms with Crippen molar-refractivity contribution in [3.8, 4) is 11.3 Å². The number of nitro groups is 1. The van der Waals surface area contributed by atoms with Gasteiger partial charge in [0, 0.05) is 24.2 Å². The molecule has 1 heterocycles. The third-order valence-electron chi connectivity index (χ3n) is 3.25. The quantitative estimate of drug-likeness (QED) is 0.562. The monoisotopic (exact) mass is 351 g/mol. The van der Waals surface area contributed by atoms with Crippen molar-refractivity contribution in [1.29, 1.82) is 0 Å². The van der Waals surface area contributed by atoms with Crippen LogP contribution in [-0.2, 0) is 11.3 Å². The molecule has 0 radical (unpaired) electrons. The number of hydrogen-bond acceptors (Lipinski definition) is 5. The number of furan rings is 1. The van der Waals surface area contributed by atoms with Crippen molar-refractivity contribution in [3.63, 3.8) is 0 Å². The van der Waals surface area contributed by atoms with E-state index in [-0.39, 0.29) is 23.2 Å². The summed E-state index contributed by atoms with van der Waals surface area (Å²) in [5, 5.41) is 16.7. The Morgan fingerprint density at radius 3 is 2.79 bits per heavy atom. The molecule has 1 aromatic heterocycles. The maximum atomic E-state index is 11.5. The second-order valence-electron chi connectivity index (χ2n) is 5.14. The van der Waals surface area contributed by atoms with Crippen LogP contribution < -0.4 is 10.6 Å². The molecule has 1 aromatic carbocycles. The van der Waals surface area contributed by atoms with E-state index in [1.807, 2.05) is 6.92 Å². The van der Waals surface area contributed by atoms with Crippen LogP contribution in [0.5, 0.6) is 0 Å². The first-order valence-corrected chi connectivity index (χ1v) is 7.89. The van der Waals surface area contributed by atoms with Crippen LogP contribution in [0.3, 0.4) is 0 Å². The van der Waals surface area contributed by atoms with E-state index in [4.69, 9.17) is 16.0 Å². The van der Waals surface area contributed by atoms with Gasteiger partial charge in [0.05, 0.1) is 23.0 Å². The Morgan fingerprint density at radius 1 is 1.33 bits per heavy atom. The number of rotatable bonds is 8. The Hall–Kier alpha value is -2.38. The van der Waals surface area contributed by atoms with E-state index in [1.54, 1.807) is 18.2 Å². The Balaban J connectivity index is 1.96. The first-order chi connectivity index (χ1) is 11.5. The normalized spacial score (nSPS) is 10.6. The van der Waals surface area contributed by atoms with Gasteiger partial charge in [-0.15, -0.1) is 0 Å². The fourth-order valence-electron chi connectivity index (χ4n) is 2.06. The van der Waals surface area contributed by atoms with E-state index in [2.05, 4.69) is 10.6 Å². The molecular weight excluding hydrogens is 334 g/mol. The predicted octanol–water partition coefficient (Wildman–Crippen LogP) is 3.12. The lowest BCUT2D eigenvalue weighted by atomic mass is 10.1. The van der Waals surface area contributed by atoms with Gasteiger partial charge in [0.2, 0.25) is 5.91 Å². The molecule has 0 aliphatic carbocycles. The van der Waals surface area contributed by atoms with Gasteiger partial charge in [-0.3, -0.25) is 14.9 Å². The summed E-state index contributed by atoms with van der Waals surface area (Å²) in [6.07, 6.45) is 0.892. The lowest BCUT2D eigenvalue weighted by Gasteiger charge is -2.04. The van der Waals surface area contributed by atoms with Gasteiger partial charge in [-0.25, -0.2) is 0 Å². The van der Waals surface area contributed by atoms with Crippen molar-refractivity contribution in [2.45, 2.75) is 19.9 Å². The Labute approximate surface area is 144 Å². The molecule has 24 heavy (non-hydrogen) atoms. The predicted molar refractivity (Wildman–Crippen MR) is 90.8 cm³/mol. The maximum Gasteiger partial charge on any atom is 0.270 e. The zero-order valence-electron chi connectivity index (χ0n) is 13.2. The van der Waals surface area contributed by atoms with E-state index >= 15 is 0 Å². The number of nitro benzene ring substituents is 1. The van der Waals surface area contributed by atoms with Gasteiger partial charge >= 0.3 is 0 Å². The number of carbonyl (C=O) groups is 1. The second kappa shape index (κ2) is 8.47. The number of nitrogens with one attached hydrogen (secondary N) is 2. The van der Waals surface area contributed by atoms with Crippen molar-refractivity contribution in [1.82, 2.24) is 10.6 Å². The van der Waals surface area contributed by atoms with Crippen molar-refractivity contribution < 1.29 is 14.1 Å². The lowest BCUT2D eigenvalue weighted by molar-refractivity contribution is -0.384. The Bertz CT molecular complexity index is 730. The number of benzene rings is 1. The molecule has 2 aromatic rings. The second-order valence-corrected chi connectivity index (χ2v) is 5.55. The van der Waals surface area contributed by atoms with Gasteiger partial charge in [-0.2, -0.15) is 0 Å². The van der Waals surface area contributed by atoms with Crippen LogP contribution in [0.15, 0.2) is 34.7 Å². The number of nitrogens with zero attached hydrogens (tertiary/aromatic N) is 1. The van der Waals surface area contributed by atoms with Crippen LogP contribution in [-0.4, -0.2) is 23.9 Å². The molecule has 7 nitrogen and oxygen atoms in total. The Morgan fingerprint density at radius 2 is 2.12 bits per heavy atom. The number of hydrogen-bond donors (Lipinski definition) is 2. The third-order valence-corrected chi connectivity index (χ3v) is 3.56. The Kier molecular flexibility index (Phi) is 6.34. The number of non-ortho nitro benzene ring substituents is 1. The molecule has 0 unspecified atom stereocenters. The molecule has 0 aliphatic rings. The summed E-state index contributed by atoms with van der Waals surface area (Å²) >= 11 is 6.08. The number of halogens is 1. The highest BCUT2D eigenvalue weighted by molar-refractivity contribution is 6.33. The molecule has 2 rings (SSSR count). The SMILES string of the molecule is CCCNC(=O)CNCc1ccc(-c2ccc([N+](=O)[O-])cc2Cl)o1. The zero-order chi connectivity index (χ0) is 17.5. The fourth-order valence-corrected chi connectivity index (χ4v) is 2.33. The van der Waals surface area contributed by atoms with Crippen molar-refractivity contribution >= 4 is 23.2 Å². The fraction of sp³-hybridized carbons (Fsp3) is 0.312. The molecule has 128 valence electrons. The van der Waals surface area contributed by atoms with Crippen molar-refractivity contribution in [2.24, 2.45) is 0 Å². The van der Waals surface area contributed by atoms with Crippen LogP contribution in [0.4, 0.5) is 5.69 Å². The largest absolute Gasteiger partial charge is 0.460 e. The van der Waals surface area contributed by atoms with E-state index < -0.39 is 4.92 Å². The van der Waals surface area contributed by atoms with Gasteiger partial charge < -0.3 is 15.1 Å². The van der Waals surface area contributed by atoms with Crippen LogP contribution in [0, 0.1) is 10.1 Å². The molecule has 8 heteroatoms. The topological polar surface area (TPSA) is 97.4 Å². The van der Waals surface area contributed by atoms with Gasteiger partial charge in [-0.1, -0.05) is 18.5 Å². The van der Waals surface area contributed by atoms with E-state index in [9.17, 15) is 14.9 Å². The summed E-state index contributed by atoms with van der Waals surface area (Å²) in [4.78, 5) is 21.7. The number of carbonyl (C=O) groups excluding carboxylic acids is 1. The summed E-state index contributed by atoms with van der Waals surface area (Å²) < 4.78 is 5.67. The smallest absolute Gasteiger partial charge is 0.270 e. The minimum Gasteiger partial charge on any atom is -0.460 e. The minimum absolute atomic E-state index is 0.0676. The molecule has 0 atom stereocenters. The van der Waals surface area contributed by atoms with Gasteiger partial charge in [0.15, 0.2) is 0 Å². The minimum atomic E-state index is -0.503. The molecule has 0 saturated heterocycles. The summed E-state index contributed by atoms with van der Waals surface area (Å²) in [7, 11) is 0. The van der Waals surface area contributed by atoms with Crippen LogP contribution in [0.2, 0.25) is 5.02 Å². The van der Waals surface area contributed by atoms with Crippen LogP contribution in [0.1, 0.15) is 19.1 Å². The molecule has 0 fully saturated rings. The standard InChI is InChI=1S/C16H18ClN3O4/c1-2-7-19-16(21)10-18-9-12-4-6-15(24-12)13-5-3-11(20(22)23)8-14(13)17/h3-6,8,18H,2,7,9-10H2,1H3,(H,19,21). The average molecular weight is 352 g/mol. The summed E-state index contributed by atoms with van der Waals surface area (Å²) in [6.45, 7) is 3.24. The first-order valence-electron chi connectivity index (χ1n) is 7.51. The first kappa shape index (κ1) is 18.0.